The molecule has 0 saturated carbocycles. The molecule has 33 heavy (non-hydrogen) atoms. The number of benzene rings is 1. The van der Waals surface area contributed by atoms with Crippen molar-refractivity contribution in [1.29, 1.82) is 5.26 Å². The van der Waals surface area contributed by atoms with E-state index >= 15 is 0 Å². The van der Waals surface area contributed by atoms with E-state index in [4.69, 9.17) is 16.3 Å². The van der Waals surface area contributed by atoms with Crippen molar-refractivity contribution in [2.75, 3.05) is 25.0 Å². The topological polar surface area (TPSA) is 151 Å². The van der Waals surface area contributed by atoms with Crippen LogP contribution in [0.15, 0.2) is 35.5 Å². The van der Waals surface area contributed by atoms with Crippen molar-refractivity contribution in [1.82, 2.24) is 10.3 Å². The Morgan fingerprint density at radius 1 is 1.30 bits per heavy atom. The van der Waals surface area contributed by atoms with Gasteiger partial charge in [0.1, 0.15) is 12.3 Å². The molecule has 1 heterocycles. The van der Waals surface area contributed by atoms with Crippen LogP contribution in [0.3, 0.4) is 0 Å². The number of aryl methyl sites for hydroxylation is 1. The number of oxime groups is 1. The number of carbonyl (C=O) groups excluding carboxylic acids is 1. The highest BCUT2D eigenvalue weighted by Crippen LogP contribution is 2.29. The molecule has 2 aromatic rings. The van der Waals surface area contributed by atoms with Crippen molar-refractivity contribution in [2.24, 2.45) is 16.6 Å². The van der Waals surface area contributed by atoms with Gasteiger partial charge in [-0.3, -0.25) is 9.78 Å². The molecule has 0 saturated heterocycles. The molecule has 2 rings (SSSR count). The number of rotatable bonds is 10. The smallest absolute Gasteiger partial charge is 0.306 e. The van der Waals surface area contributed by atoms with Crippen LogP contribution in [0.4, 0.5) is 18.9 Å². The Labute approximate surface area is 194 Å². The van der Waals surface area contributed by atoms with Crippen molar-refractivity contribution in [2.45, 2.75) is 19.3 Å². The van der Waals surface area contributed by atoms with E-state index in [-0.39, 0.29) is 48.3 Å². The lowest BCUT2D eigenvalue weighted by Gasteiger charge is -2.19. The lowest BCUT2D eigenvalue weighted by atomic mass is 10.0. The van der Waals surface area contributed by atoms with Crippen molar-refractivity contribution in [3.8, 4) is 6.07 Å². The SMILES string of the molecule is Cc1cccc(C(F)(F)CNc2ccc(C#N)c(CC(=O)NCCON=C(N)N)c2F)n1.Cl. The van der Waals surface area contributed by atoms with Gasteiger partial charge in [-0.05, 0) is 36.3 Å². The lowest BCUT2D eigenvalue weighted by Crippen LogP contribution is -2.30. The van der Waals surface area contributed by atoms with Gasteiger partial charge in [0.2, 0.25) is 11.9 Å². The summed E-state index contributed by atoms with van der Waals surface area (Å²) in [5, 5.41) is 17.3. The van der Waals surface area contributed by atoms with E-state index in [1.54, 1.807) is 19.1 Å². The molecule has 1 amide bonds. The van der Waals surface area contributed by atoms with E-state index < -0.39 is 36.3 Å². The first-order chi connectivity index (χ1) is 15.1. The van der Waals surface area contributed by atoms with Crippen LogP contribution in [-0.4, -0.2) is 36.5 Å². The molecule has 0 aliphatic rings. The summed E-state index contributed by atoms with van der Waals surface area (Å²) in [5.74, 6) is -5.24. The molecule has 6 N–H and O–H groups in total. The number of hydrogen-bond donors (Lipinski definition) is 4. The number of guanidine groups is 1. The number of alkyl halides is 2. The molecule has 0 aliphatic heterocycles. The quantitative estimate of drug-likeness (QED) is 0.173. The average molecular weight is 486 g/mol. The van der Waals surface area contributed by atoms with E-state index in [1.807, 2.05) is 0 Å². The predicted octanol–water partition coefficient (Wildman–Crippen LogP) is 1.89. The fourth-order valence-electron chi connectivity index (χ4n) is 2.66. The molecule has 0 unspecified atom stereocenters. The number of pyridine rings is 1. The summed E-state index contributed by atoms with van der Waals surface area (Å²) in [6.45, 7) is 0.630. The predicted molar refractivity (Wildman–Crippen MR) is 118 cm³/mol. The van der Waals surface area contributed by atoms with Crippen LogP contribution < -0.4 is 22.1 Å². The van der Waals surface area contributed by atoms with Gasteiger partial charge in [-0.2, -0.15) is 14.0 Å². The van der Waals surface area contributed by atoms with Crippen LogP contribution in [0, 0.1) is 24.1 Å². The maximum Gasteiger partial charge on any atom is 0.306 e. The van der Waals surface area contributed by atoms with Crippen LogP contribution in [0.5, 0.6) is 0 Å². The number of halogens is 4. The summed E-state index contributed by atoms with van der Waals surface area (Å²) >= 11 is 0. The maximum absolute atomic E-state index is 14.9. The number of hydrogen-bond acceptors (Lipinski definition) is 6. The zero-order valence-corrected chi connectivity index (χ0v) is 18.4. The minimum Gasteiger partial charge on any atom is -0.391 e. The molecule has 0 atom stereocenters. The fraction of sp³-hybridized carbons (Fsp3) is 0.300. The van der Waals surface area contributed by atoms with Crippen LogP contribution in [-0.2, 0) is 22.0 Å². The summed E-state index contributed by atoms with van der Waals surface area (Å²) in [7, 11) is 0. The Morgan fingerprint density at radius 3 is 2.67 bits per heavy atom. The number of nitriles is 1. The second kappa shape index (κ2) is 12.4. The number of nitrogens with zero attached hydrogens (tertiary/aromatic N) is 3. The maximum atomic E-state index is 14.9. The standard InChI is InChI=1S/C20H22F3N7O2.ClH/c1-12-3-2-4-16(29-12)20(22,23)11-28-15-6-5-13(10-24)14(18(15)21)9-17(31)27-7-8-32-30-19(25)26;/h2-6,28H,7-9,11H2,1H3,(H,27,31)(H4,25,26,30);1H. The van der Waals surface area contributed by atoms with Gasteiger partial charge in [0, 0.05) is 11.3 Å². The number of aromatic nitrogens is 1. The van der Waals surface area contributed by atoms with Gasteiger partial charge >= 0.3 is 5.92 Å². The van der Waals surface area contributed by atoms with Gasteiger partial charge in [0.15, 0.2) is 5.82 Å². The molecule has 13 heteroatoms. The van der Waals surface area contributed by atoms with Crippen LogP contribution in [0.1, 0.15) is 22.5 Å². The number of anilines is 1. The van der Waals surface area contributed by atoms with Gasteiger partial charge in [-0.1, -0.05) is 6.07 Å². The van der Waals surface area contributed by atoms with E-state index in [0.29, 0.717) is 5.69 Å². The summed E-state index contributed by atoms with van der Waals surface area (Å²) < 4.78 is 43.9. The third-order valence-electron chi connectivity index (χ3n) is 4.15. The molecule has 0 aliphatic carbocycles. The largest absolute Gasteiger partial charge is 0.391 e. The Morgan fingerprint density at radius 2 is 2.03 bits per heavy atom. The van der Waals surface area contributed by atoms with Crippen molar-refractivity contribution in [3.63, 3.8) is 0 Å². The fourth-order valence-corrected chi connectivity index (χ4v) is 2.66. The van der Waals surface area contributed by atoms with E-state index in [2.05, 4.69) is 20.8 Å². The molecule has 1 aromatic carbocycles. The van der Waals surface area contributed by atoms with Crippen LogP contribution >= 0.6 is 12.4 Å². The minimum atomic E-state index is -3.38. The summed E-state index contributed by atoms with van der Waals surface area (Å²) in [5.41, 5.74) is 9.53. The average Bonchev–Trinajstić information content (AvgIpc) is 2.74. The van der Waals surface area contributed by atoms with Gasteiger partial charge in [-0.25, -0.2) is 4.39 Å². The Kier molecular flexibility index (Phi) is 10.2. The van der Waals surface area contributed by atoms with E-state index in [9.17, 15) is 23.2 Å². The molecule has 0 bridgehead atoms. The number of nitrogens with two attached hydrogens (primary N) is 2. The van der Waals surface area contributed by atoms with Gasteiger partial charge in [-0.15, -0.1) is 12.4 Å². The molecule has 1 aromatic heterocycles. The molecule has 9 nitrogen and oxygen atoms in total. The monoisotopic (exact) mass is 485 g/mol. The summed E-state index contributed by atoms with van der Waals surface area (Å²) in [6.07, 6.45) is -0.484. The van der Waals surface area contributed by atoms with Gasteiger partial charge < -0.3 is 26.9 Å². The van der Waals surface area contributed by atoms with Crippen molar-refractivity contribution >= 4 is 30.0 Å². The highest BCUT2D eigenvalue weighted by atomic mass is 35.5. The number of amides is 1. The normalized spacial score (nSPS) is 10.4. The molecule has 178 valence electrons. The van der Waals surface area contributed by atoms with Gasteiger partial charge in [0.25, 0.3) is 0 Å². The van der Waals surface area contributed by atoms with Crippen LogP contribution in [0.2, 0.25) is 0 Å². The summed E-state index contributed by atoms with van der Waals surface area (Å²) in [6, 6.07) is 8.41. The Hall–Kier alpha value is -3.72. The highest BCUT2D eigenvalue weighted by molar-refractivity contribution is 5.85. The first-order valence-electron chi connectivity index (χ1n) is 9.39. The Bertz CT molecular complexity index is 1040. The first-order valence-corrected chi connectivity index (χ1v) is 9.39. The highest BCUT2D eigenvalue weighted by Gasteiger charge is 2.33. The minimum absolute atomic E-state index is 0. The van der Waals surface area contributed by atoms with Gasteiger partial charge in [0.05, 0.1) is 36.8 Å². The van der Waals surface area contributed by atoms with Crippen molar-refractivity contribution < 1.29 is 22.8 Å². The Balaban J connectivity index is 0.00000544. The molecular weight excluding hydrogens is 463 g/mol. The first kappa shape index (κ1) is 27.3. The second-order valence-corrected chi connectivity index (χ2v) is 6.66. The van der Waals surface area contributed by atoms with E-state index in [1.165, 1.54) is 18.2 Å². The molecule has 0 spiro atoms. The number of carbonyl (C=O) groups is 1. The lowest BCUT2D eigenvalue weighted by molar-refractivity contribution is -0.120. The van der Waals surface area contributed by atoms with E-state index in [0.717, 1.165) is 6.07 Å². The molecule has 0 radical (unpaired) electrons. The zero-order chi connectivity index (χ0) is 23.7. The van der Waals surface area contributed by atoms with Crippen LogP contribution in [0.25, 0.3) is 0 Å². The third kappa shape index (κ3) is 8.04. The second-order valence-electron chi connectivity index (χ2n) is 6.66. The third-order valence-corrected chi connectivity index (χ3v) is 4.15. The zero-order valence-electron chi connectivity index (χ0n) is 17.6. The molecular formula is C20H23ClF3N7O2. The molecule has 0 fully saturated rings. The summed E-state index contributed by atoms with van der Waals surface area (Å²) in [4.78, 5) is 20.6. The van der Waals surface area contributed by atoms with Crippen molar-refractivity contribution in [3.05, 3.63) is 58.7 Å². The number of nitrogens with one attached hydrogen (secondary N) is 2.